The lowest BCUT2D eigenvalue weighted by atomic mass is 10.1. The van der Waals surface area contributed by atoms with Gasteiger partial charge >= 0.3 is 6.16 Å². The molecule has 0 amide bonds. The van der Waals surface area contributed by atoms with Crippen LogP contribution in [0.1, 0.15) is 13.8 Å². The van der Waals surface area contributed by atoms with Gasteiger partial charge in [-0.3, -0.25) is 0 Å². The average Bonchev–Trinajstić information content (AvgIpc) is 2.60. The SMILES string of the molecule is CC1(C)C(OC(=O)O)C12C(Cl)(Cl)C2(Cl)Cl. The lowest BCUT2D eigenvalue weighted by molar-refractivity contribution is 0.0712. The van der Waals surface area contributed by atoms with Crippen LogP contribution >= 0.6 is 46.4 Å². The smallest absolute Gasteiger partial charge is 0.450 e. The zero-order valence-electron chi connectivity index (χ0n) is 7.85. The van der Waals surface area contributed by atoms with E-state index in [1.54, 1.807) is 13.8 Å². The highest BCUT2D eigenvalue weighted by Gasteiger charge is 3.05. The summed E-state index contributed by atoms with van der Waals surface area (Å²) in [7, 11) is 0. The summed E-state index contributed by atoms with van der Waals surface area (Å²) in [6.07, 6.45) is -2.06. The number of halogens is 4. The molecule has 2 aliphatic rings. The Hall–Kier alpha value is 0.430. The van der Waals surface area contributed by atoms with Crippen LogP contribution in [0.5, 0.6) is 0 Å². The number of alkyl halides is 4. The number of carboxylic acid groups (broad SMARTS) is 1. The fourth-order valence-corrected chi connectivity index (χ4v) is 5.17. The van der Waals surface area contributed by atoms with Gasteiger partial charge in [0, 0.05) is 5.41 Å². The minimum absolute atomic E-state index is 0.557. The minimum atomic E-state index is -1.38. The number of hydrogen-bond acceptors (Lipinski definition) is 2. The van der Waals surface area contributed by atoms with E-state index in [4.69, 9.17) is 56.2 Å². The second-order valence-electron chi connectivity index (χ2n) is 4.44. The Morgan fingerprint density at radius 2 is 1.60 bits per heavy atom. The van der Waals surface area contributed by atoms with Crippen LogP contribution in [-0.4, -0.2) is 26.0 Å². The molecule has 1 N–H and O–H groups in total. The number of rotatable bonds is 1. The van der Waals surface area contributed by atoms with Crippen molar-refractivity contribution in [2.45, 2.75) is 28.6 Å². The highest BCUT2D eigenvalue weighted by Crippen LogP contribution is 2.95. The Labute approximate surface area is 107 Å². The highest BCUT2D eigenvalue weighted by atomic mass is 35.5. The van der Waals surface area contributed by atoms with Crippen LogP contribution in [0, 0.1) is 10.8 Å². The lowest BCUT2D eigenvalue weighted by Gasteiger charge is -1.99. The molecule has 0 radical (unpaired) electrons. The molecule has 2 saturated carbocycles. The van der Waals surface area contributed by atoms with Crippen molar-refractivity contribution in [2.24, 2.45) is 10.8 Å². The van der Waals surface area contributed by atoms with Gasteiger partial charge in [-0.25, -0.2) is 4.79 Å². The van der Waals surface area contributed by atoms with E-state index in [9.17, 15) is 4.79 Å². The maximum atomic E-state index is 10.5. The summed E-state index contributed by atoms with van der Waals surface area (Å²) in [5, 5.41) is 8.56. The largest absolute Gasteiger partial charge is 0.506 e. The molecule has 0 bridgehead atoms. The molecule has 0 saturated heterocycles. The van der Waals surface area contributed by atoms with Gasteiger partial charge in [0.25, 0.3) is 0 Å². The normalized spacial score (nSPS) is 36.0. The molecule has 1 spiro atoms. The van der Waals surface area contributed by atoms with E-state index in [-0.39, 0.29) is 0 Å². The summed E-state index contributed by atoms with van der Waals surface area (Å²) in [6, 6.07) is 0. The second kappa shape index (κ2) is 2.63. The first-order valence-electron chi connectivity index (χ1n) is 4.20. The van der Waals surface area contributed by atoms with Crippen molar-refractivity contribution in [3.63, 3.8) is 0 Å². The lowest BCUT2D eigenvalue weighted by Crippen LogP contribution is -2.08. The summed E-state index contributed by atoms with van der Waals surface area (Å²) in [6.45, 7) is 3.54. The topological polar surface area (TPSA) is 46.5 Å². The van der Waals surface area contributed by atoms with Crippen molar-refractivity contribution in [3.8, 4) is 0 Å². The highest BCUT2D eigenvalue weighted by molar-refractivity contribution is 6.69. The Morgan fingerprint density at radius 3 is 1.80 bits per heavy atom. The van der Waals surface area contributed by atoms with Crippen LogP contribution in [0.2, 0.25) is 0 Å². The molecule has 7 heteroatoms. The molecular weight excluding hydrogens is 286 g/mol. The molecule has 15 heavy (non-hydrogen) atoms. The molecule has 2 aliphatic carbocycles. The van der Waals surface area contributed by atoms with Crippen molar-refractivity contribution < 1.29 is 14.6 Å². The standard InChI is InChI=1S/C8H8Cl4O3/c1-5(2)3(15-4(13)14)6(5)7(9,10)8(6,11)12/h3H,1-2H3,(H,13,14). The Morgan fingerprint density at radius 1 is 1.20 bits per heavy atom. The number of ether oxygens (including phenoxy) is 1. The van der Waals surface area contributed by atoms with E-state index in [2.05, 4.69) is 0 Å². The van der Waals surface area contributed by atoms with Gasteiger partial charge in [-0.15, -0.1) is 0 Å². The van der Waals surface area contributed by atoms with E-state index in [0.717, 1.165) is 0 Å². The third kappa shape index (κ3) is 0.951. The van der Waals surface area contributed by atoms with Crippen LogP contribution in [0.25, 0.3) is 0 Å². The molecule has 2 rings (SSSR count). The van der Waals surface area contributed by atoms with Crippen molar-refractivity contribution in [1.29, 1.82) is 0 Å². The summed E-state index contributed by atoms with van der Waals surface area (Å²) in [5.41, 5.74) is -1.46. The van der Waals surface area contributed by atoms with E-state index >= 15 is 0 Å². The fraction of sp³-hybridized carbons (Fsp3) is 0.875. The molecule has 0 aromatic carbocycles. The van der Waals surface area contributed by atoms with E-state index < -0.39 is 31.8 Å². The van der Waals surface area contributed by atoms with Crippen molar-refractivity contribution >= 4 is 52.6 Å². The van der Waals surface area contributed by atoms with Crippen LogP contribution < -0.4 is 0 Å². The molecule has 1 atom stereocenters. The van der Waals surface area contributed by atoms with Gasteiger partial charge < -0.3 is 9.84 Å². The average molecular weight is 294 g/mol. The molecular formula is C8H8Cl4O3. The van der Waals surface area contributed by atoms with Crippen LogP contribution in [0.15, 0.2) is 0 Å². The first-order chi connectivity index (χ1) is 6.55. The Kier molecular flexibility index (Phi) is 2.09. The summed E-state index contributed by atoms with van der Waals surface area (Å²) >= 11 is 23.9. The van der Waals surface area contributed by atoms with Gasteiger partial charge in [-0.2, -0.15) is 0 Å². The molecule has 0 aliphatic heterocycles. The predicted molar refractivity (Wildman–Crippen MR) is 58.0 cm³/mol. The minimum Gasteiger partial charge on any atom is -0.450 e. The van der Waals surface area contributed by atoms with Gasteiger partial charge in [0.2, 0.25) is 0 Å². The Balaban J connectivity index is 2.32. The summed E-state index contributed by atoms with van der Waals surface area (Å²) in [4.78, 5) is 10.5. The van der Waals surface area contributed by atoms with Gasteiger partial charge in [-0.1, -0.05) is 60.3 Å². The number of carbonyl (C=O) groups is 1. The third-order valence-corrected chi connectivity index (χ3v) is 6.24. The number of hydrogen-bond donors (Lipinski definition) is 1. The van der Waals surface area contributed by atoms with Crippen LogP contribution in [0.4, 0.5) is 4.79 Å². The van der Waals surface area contributed by atoms with Crippen molar-refractivity contribution in [1.82, 2.24) is 0 Å². The predicted octanol–water partition coefficient (Wildman–Crippen LogP) is 3.44. The molecule has 0 aromatic heterocycles. The van der Waals surface area contributed by atoms with Gasteiger partial charge in [-0.05, 0) is 0 Å². The first kappa shape index (κ1) is 11.9. The van der Waals surface area contributed by atoms with Gasteiger partial charge in [0.15, 0.2) is 8.67 Å². The zero-order valence-corrected chi connectivity index (χ0v) is 10.9. The van der Waals surface area contributed by atoms with Gasteiger partial charge in [0.05, 0.1) is 5.41 Å². The van der Waals surface area contributed by atoms with E-state index in [1.807, 2.05) is 0 Å². The molecule has 2 fully saturated rings. The molecule has 0 heterocycles. The molecule has 3 nitrogen and oxygen atoms in total. The van der Waals surface area contributed by atoms with E-state index in [0.29, 0.717) is 0 Å². The molecule has 1 unspecified atom stereocenters. The first-order valence-corrected chi connectivity index (χ1v) is 5.71. The summed E-state index contributed by atoms with van der Waals surface area (Å²) < 4.78 is 1.97. The maximum Gasteiger partial charge on any atom is 0.506 e. The van der Waals surface area contributed by atoms with E-state index in [1.165, 1.54) is 0 Å². The van der Waals surface area contributed by atoms with Crippen LogP contribution in [0.3, 0.4) is 0 Å². The van der Waals surface area contributed by atoms with Gasteiger partial charge in [0.1, 0.15) is 6.10 Å². The van der Waals surface area contributed by atoms with Crippen LogP contribution in [-0.2, 0) is 4.74 Å². The molecule has 0 aromatic rings. The van der Waals surface area contributed by atoms with Crippen molar-refractivity contribution in [2.75, 3.05) is 0 Å². The fourth-order valence-electron chi connectivity index (χ4n) is 2.63. The molecule has 86 valence electrons. The maximum absolute atomic E-state index is 10.5. The quantitative estimate of drug-likeness (QED) is 0.595. The summed E-state index contributed by atoms with van der Waals surface area (Å²) in [5.74, 6) is 0. The van der Waals surface area contributed by atoms with Crippen molar-refractivity contribution in [3.05, 3.63) is 0 Å². The monoisotopic (exact) mass is 292 g/mol. The Bertz CT molecular complexity index is 336. The second-order valence-corrected chi connectivity index (χ2v) is 7.10. The third-order valence-electron chi connectivity index (χ3n) is 3.52. The zero-order chi connectivity index (χ0) is 11.9.